The maximum atomic E-state index is 13.0. The Bertz CT molecular complexity index is 429. The standard InChI is InChI=1S/C10H9BrClFN2S/c1-5-4-14-10(16-5)15-9-7(11)2-6(13)3-8(9)12/h2-3,5H,4H2,1H3,(H,14,15). The number of thioether (sulfide) groups is 1. The van der Waals surface area contributed by atoms with E-state index >= 15 is 0 Å². The molecule has 1 heterocycles. The normalized spacial score (nSPS) is 19.8. The number of halogens is 3. The van der Waals surface area contributed by atoms with Gasteiger partial charge in [-0.25, -0.2) is 4.39 Å². The maximum Gasteiger partial charge on any atom is 0.161 e. The van der Waals surface area contributed by atoms with Crippen LogP contribution in [0.5, 0.6) is 0 Å². The summed E-state index contributed by atoms with van der Waals surface area (Å²) in [6.45, 7) is 2.90. The van der Waals surface area contributed by atoms with Crippen molar-refractivity contribution in [3.63, 3.8) is 0 Å². The smallest absolute Gasteiger partial charge is 0.161 e. The zero-order valence-electron chi connectivity index (χ0n) is 8.43. The molecule has 1 aliphatic rings. The Labute approximate surface area is 111 Å². The summed E-state index contributed by atoms with van der Waals surface area (Å²) in [5.41, 5.74) is 0.656. The second kappa shape index (κ2) is 4.94. The van der Waals surface area contributed by atoms with Crippen molar-refractivity contribution in [2.45, 2.75) is 12.2 Å². The first-order chi connectivity index (χ1) is 7.56. The first-order valence-electron chi connectivity index (χ1n) is 4.69. The number of rotatable bonds is 1. The Balaban J connectivity index is 2.22. The summed E-state index contributed by atoms with van der Waals surface area (Å²) < 4.78 is 13.6. The molecule has 0 bridgehead atoms. The third kappa shape index (κ3) is 2.70. The number of hydrogen-bond donors (Lipinski definition) is 1. The largest absolute Gasteiger partial charge is 0.333 e. The third-order valence-electron chi connectivity index (χ3n) is 2.04. The van der Waals surface area contributed by atoms with Gasteiger partial charge in [0.15, 0.2) is 5.17 Å². The van der Waals surface area contributed by atoms with Gasteiger partial charge < -0.3 is 5.32 Å². The molecule has 1 aromatic carbocycles. The van der Waals surface area contributed by atoms with Crippen LogP contribution in [-0.4, -0.2) is 17.0 Å². The molecule has 0 amide bonds. The zero-order chi connectivity index (χ0) is 11.7. The Morgan fingerprint density at radius 2 is 2.38 bits per heavy atom. The van der Waals surface area contributed by atoms with Gasteiger partial charge in [-0.05, 0) is 28.1 Å². The molecule has 0 spiro atoms. The zero-order valence-corrected chi connectivity index (χ0v) is 11.6. The van der Waals surface area contributed by atoms with Gasteiger partial charge in [-0.2, -0.15) is 0 Å². The molecule has 86 valence electrons. The van der Waals surface area contributed by atoms with Gasteiger partial charge in [-0.1, -0.05) is 30.3 Å². The van der Waals surface area contributed by atoms with E-state index in [4.69, 9.17) is 11.6 Å². The molecule has 2 rings (SSSR count). The minimum Gasteiger partial charge on any atom is -0.333 e. The van der Waals surface area contributed by atoms with Crippen LogP contribution in [0.3, 0.4) is 0 Å². The van der Waals surface area contributed by atoms with Gasteiger partial charge >= 0.3 is 0 Å². The van der Waals surface area contributed by atoms with E-state index in [2.05, 4.69) is 33.2 Å². The van der Waals surface area contributed by atoms with Crippen molar-refractivity contribution in [1.29, 1.82) is 0 Å². The first-order valence-corrected chi connectivity index (χ1v) is 6.74. The van der Waals surface area contributed by atoms with Crippen LogP contribution >= 0.6 is 39.3 Å². The van der Waals surface area contributed by atoms with Gasteiger partial charge in [-0.15, -0.1) is 0 Å². The molecule has 2 nitrogen and oxygen atoms in total. The molecule has 1 aromatic rings. The molecule has 16 heavy (non-hydrogen) atoms. The SMILES string of the molecule is CC1CN=C(Nc2c(Cl)cc(F)cc2Br)S1. The summed E-state index contributed by atoms with van der Waals surface area (Å²) in [5.74, 6) is -0.364. The molecule has 0 saturated carbocycles. The summed E-state index contributed by atoms with van der Waals surface area (Å²) in [4.78, 5) is 4.31. The number of amidine groups is 1. The maximum absolute atomic E-state index is 13.0. The predicted octanol–water partition coefficient (Wildman–Crippen LogP) is 4.14. The average Bonchev–Trinajstić information content (AvgIpc) is 2.58. The molecule has 0 aromatic heterocycles. The van der Waals surface area contributed by atoms with Crippen molar-refractivity contribution >= 4 is 50.1 Å². The van der Waals surface area contributed by atoms with Crippen LogP contribution in [0.15, 0.2) is 21.6 Å². The van der Waals surface area contributed by atoms with Gasteiger partial charge in [0.2, 0.25) is 0 Å². The molecule has 1 atom stereocenters. The van der Waals surface area contributed by atoms with Crippen molar-refractivity contribution < 1.29 is 4.39 Å². The molecule has 0 radical (unpaired) electrons. The number of nitrogens with zero attached hydrogens (tertiary/aromatic N) is 1. The Morgan fingerprint density at radius 1 is 1.62 bits per heavy atom. The lowest BCUT2D eigenvalue weighted by Gasteiger charge is -2.10. The highest BCUT2D eigenvalue weighted by Crippen LogP contribution is 2.33. The quantitative estimate of drug-likeness (QED) is 0.840. The fourth-order valence-electron chi connectivity index (χ4n) is 1.31. The lowest BCUT2D eigenvalue weighted by Crippen LogP contribution is -2.07. The molecule has 6 heteroatoms. The summed E-state index contributed by atoms with van der Waals surface area (Å²) >= 11 is 10.9. The molecular formula is C10H9BrClFN2S. The minimum atomic E-state index is -0.364. The Morgan fingerprint density at radius 3 is 2.94 bits per heavy atom. The van der Waals surface area contributed by atoms with Gasteiger partial charge in [0.25, 0.3) is 0 Å². The van der Waals surface area contributed by atoms with E-state index in [0.29, 0.717) is 20.4 Å². The predicted molar refractivity (Wildman–Crippen MR) is 72.1 cm³/mol. The highest BCUT2D eigenvalue weighted by Gasteiger charge is 2.17. The molecular weight excluding hydrogens is 315 g/mol. The van der Waals surface area contributed by atoms with Gasteiger partial charge in [0, 0.05) is 9.72 Å². The molecule has 0 fully saturated rings. The third-order valence-corrected chi connectivity index (χ3v) is 3.97. The average molecular weight is 324 g/mol. The minimum absolute atomic E-state index is 0.342. The number of aliphatic imine (C=N–C) groups is 1. The topological polar surface area (TPSA) is 24.4 Å². The van der Waals surface area contributed by atoms with E-state index in [1.807, 2.05) is 0 Å². The number of nitrogens with one attached hydrogen (secondary N) is 1. The molecule has 1 unspecified atom stereocenters. The number of benzene rings is 1. The van der Waals surface area contributed by atoms with E-state index < -0.39 is 0 Å². The highest BCUT2D eigenvalue weighted by molar-refractivity contribution is 9.10. The molecule has 0 aliphatic carbocycles. The molecule has 0 saturated heterocycles. The van der Waals surface area contributed by atoms with Crippen LogP contribution < -0.4 is 5.32 Å². The van der Waals surface area contributed by atoms with E-state index in [1.165, 1.54) is 12.1 Å². The lowest BCUT2D eigenvalue weighted by molar-refractivity contribution is 0.627. The van der Waals surface area contributed by atoms with Crippen LogP contribution in [0.2, 0.25) is 5.02 Å². The summed E-state index contributed by atoms with van der Waals surface area (Å²) in [6.07, 6.45) is 0. The van der Waals surface area contributed by atoms with Crippen LogP contribution in [-0.2, 0) is 0 Å². The van der Waals surface area contributed by atoms with Gasteiger partial charge in [0.05, 0.1) is 17.3 Å². The van der Waals surface area contributed by atoms with Gasteiger partial charge in [-0.3, -0.25) is 4.99 Å². The Hall–Kier alpha value is -0.260. The van der Waals surface area contributed by atoms with Crippen molar-refractivity contribution in [2.75, 3.05) is 11.9 Å². The molecule has 1 aliphatic heterocycles. The lowest BCUT2D eigenvalue weighted by atomic mass is 10.3. The first kappa shape index (κ1) is 12.2. The number of anilines is 1. The van der Waals surface area contributed by atoms with Crippen LogP contribution in [0.4, 0.5) is 10.1 Å². The van der Waals surface area contributed by atoms with E-state index in [0.717, 1.165) is 11.7 Å². The van der Waals surface area contributed by atoms with Crippen molar-refractivity contribution in [3.8, 4) is 0 Å². The van der Waals surface area contributed by atoms with E-state index in [1.54, 1.807) is 11.8 Å². The Kier molecular flexibility index (Phi) is 3.77. The van der Waals surface area contributed by atoms with Crippen molar-refractivity contribution in [2.24, 2.45) is 4.99 Å². The highest BCUT2D eigenvalue weighted by atomic mass is 79.9. The van der Waals surface area contributed by atoms with E-state index in [-0.39, 0.29) is 5.82 Å². The second-order valence-corrected chi connectivity index (χ2v) is 6.13. The summed E-state index contributed by atoms with van der Waals surface area (Å²) in [7, 11) is 0. The number of hydrogen-bond acceptors (Lipinski definition) is 3. The van der Waals surface area contributed by atoms with E-state index in [9.17, 15) is 4.39 Å². The van der Waals surface area contributed by atoms with Gasteiger partial charge in [0.1, 0.15) is 5.82 Å². The van der Waals surface area contributed by atoms with Crippen molar-refractivity contribution in [1.82, 2.24) is 0 Å². The van der Waals surface area contributed by atoms with Crippen molar-refractivity contribution in [3.05, 3.63) is 27.4 Å². The monoisotopic (exact) mass is 322 g/mol. The summed E-state index contributed by atoms with van der Waals surface area (Å²) in [6, 6.07) is 2.65. The fourth-order valence-corrected chi connectivity index (χ4v) is 3.05. The van der Waals surface area contributed by atoms with Crippen LogP contribution in [0, 0.1) is 5.82 Å². The van der Waals surface area contributed by atoms with Crippen LogP contribution in [0.1, 0.15) is 6.92 Å². The summed E-state index contributed by atoms with van der Waals surface area (Å²) in [5, 5.41) is 4.74. The fraction of sp³-hybridized carbons (Fsp3) is 0.300. The van der Waals surface area contributed by atoms with Crippen LogP contribution in [0.25, 0.3) is 0 Å². The molecule has 1 N–H and O–H groups in total. The second-order valence-electron chi connectivity index (χ2n) is 3.44.